The van der Waals surface area contributed by atoms with Crippen molar-refractivity contribution in [3.8, 4) is 0 Å². The van der Waals surface area contributed by atoms with Gasteiger partial charge in [0, 0.05) is 51.0 Å². The maximum absolute atomic E-state index is 5.04. The molecule has 0 aliphatic heterocycles. The van der Waals surface area contributed by atoms with E-state index >= 15 is 0 Å². The Balaban J connectivity index is 2.05. The Bertz CT molecular complexity index is 558. The second kappa shape index (κ2) is 6.56. The van der Waals surface area contributed by atoms with E-state index in [4.69, 9.17) is 4.74 Å². The van der Waals surface area contributed by atoms with Crippen molar-refractivity contribution in [2.24, 2.45) is 7.05 Å². The molecule has 1 N–H and O–H groups in total. The number of anilines is 1. The van der Waals surface area contributed by atoms with Crippen molar-refractivity contribution < 1.29 is 4.74 Å². The molecule has 0 unspecified atom stereocenters. The highest BCUT2D eigenvalue weighted by Crippen LogP contribution is 2.16. The van der Waals surface area contributed by atoms with Crippen molar-refractivity contribution >= 4 is 5.95 Å². The summed E-state index contributed by atoms with van der Waals surface area (Å²) in [6, 6.07) is 0. The molecule has 0 spiro atoms. The topological polar surface area (TPSA) is 56.9 Å². The third kappa shape index (κ3) is 3.19. The van der Waals surface area contributed by atoms with Crippen molar-refractivity contribution in [2.75, 3.05) is 25.6 Å². The fourth-order valence-electron chi connectivity index (χ4n) is 2.24. The molecule has 0 amide bonds. The van der Waals surface area contributed by atoms with Crippen LogP contribution in [-0.4, -0.2) is 39.6 Å². The molecule has 0 aromatic carbocycles. The van der Waals surface area contributed by atoms with Gasteiger partial charge >= 0.3 is 0 Å². The van der Waals surface area contributed by atoms with Crippen LogP contribution >= 0.6 is 0 Å². The predicted molar refractivity (Wildman–Crippen MR) is 79.0 cm³/mol. The first-order valence-corrected chi connectivity index (χ1v) is 6.86. The molecule has 2 rings (SSSR count). The Labute approximate surface area is 119 Å². The van der Waals surface area contributed by atoms with Gasteiger partial charge in [0.2, 0.25) is 5.95 Å². The first-order valence-electron chi connectivity index (χ1n) is 6.86. The molecule has 110 valence electrons. The second-order valence-corrected chi connectivity index (χ2v) is 4.92. The molecule has 20 heavy (non-hydrogen) atoms. The van der Waals surface area contributed by atoms with E-state index in [1.165, 1.54) is 11.3 Å². The third-order valence-corrected chi connectivity index (χ3v) is 3.51. The van der Waals surface area contributed by atoms with Crippen LogP contribution in [0.4, 0.5) is 5.95 Å². The van der Waals surface area contributed by atoms with Crippen molar-refractivity contribution in [2.45, 2.75) is 26.8 Å². The highest BCUT2D eigenvalue weighted by molar-refractivity contribution is 5.30. The van der Waals surface area contributed by atoms with Gasteiger partial charge in [-0.05, 0) is 20.3 Å². The molecule has 0 saturated heterocycles. The molecule has 0 bridgehead atoms. The largest absolute Gasteiger partial charge is 0.385 e. The van der Waals surface area contributed by atoms with E-state index in [2.05, 4.69) is 26.9 Å². The van der Waals surface area contributed by atoms with Gasteiger partial charge in [0.1, 0.15) is 0 Å². The number of imidazole rings is 1. The maximum atomic E-state index is 5.04. The van der Waals surface area contributed by atoms with Crippen LogP contribution in [0.1, 0.15) is 23.4 Å². The zero-order valence-electron chi connectivity index (χ0n) is 12.7. The minimum absolute atomic E-state index is 0.758. The first-order chi connectivity index (χ1) is 9.63. The van der Waals surface area contributed by atoms with E-state index in [1.54, 1.807) is 7.11 Å². The van der Waals surface area contributed by atoms with Gasteiger partial charge in [-0.25, -0.2) is 4.98 Å². The highest BCUT2D eigenvalue weighted by atomic mass is 16.5. The van der Waals surface area contributed by atoms with Crippen LogP contribution in [0, 0.1) is 13.8 Å². The van der Waals surface area contributed by atoms with Crippen LogP contribution in [-0.2, 0) is 18.3 Å². The van der Waals surface area contributed by atoms with Crippen molar-refractivity contribution in [1.82, 2.24) is 19.3 Å². The molecule has 0 atom stereocenters. The molecule has 6 heteroatoms. The van der Waals surface area contributed by atoms with Gasteiger partial charge in [-0.1, -0.05) is 0 Å². The first kappa shape index (κ1) is 14.6. The van der Waals surface area contributed by atoms with Gasteiger partial charge in [0.05, 0.1) is 12.2 Å². The minimum Gasteiger partial charge on any atom is -0.385 e. The van der Waals surface area contributed by atoms with E-state index in [0.29, 0.717) is 0 Å². The fraction of sp³-hybridized carbons (Fsp3) is 0.571. The summed E-state index contributed by atoms with van der Waals surface area (Å²) in [4.78, 5) is 4.36. The Hall–Kier alpha value is -1.82. The summed E-state index contributed by atoms with van der Waals surface area (Å²) in [7, 11) is 3.69. The highest BCUT2D eigenvalue weighted by Gasteiger charge is 2.11. The number of ether oxygens (including phenoxy) is 1. The average Bonchev–Trinajstić information content (AvgIpc) is 2.95. The number of aryl methyl sites for hydroxylation is 2. The number of hydrogen-bond acceptors (Lipinski definition) is 4. The molecule has 2 aromatic heterocycles. The lowest BCUT2D eigenvalue weighted by molar-refractivity contribution is 0.197. The summed E-state index contributed by atoms with van der Waals surface area (Å²) >= 11 is 0. The lowest BCUT2D eigenvalue weighted by Gasteiger charge is -2.10. The van der Waals surface area contributed by atoms with Crippen molar-refractivity contribution in [1.29, 1.82) is 0 Å². The van der Waals surface area contributed by atoms with Crippen LogP contribution in [0.25, 0.3) is 0 Å². The zero-order chi connectivity index (χ0) is 14.5. The summed E-state index contributed by atoms with van der Waals surface area (Å²) in [5, 5.41) is 7.79. The molecule has 2 heterocycles. The van der Waals surface area contributed by atoms with Gasteiger partial charge in [0.15, 0.2) is 0 Å². The van der Waals surface area contributed by atoms with Crippen molar-refractivity contribution in [3.63, 3.8) is 0 Å². The number of nitrogens with one attached hydrogen (secondary N) is 1. The normalized spacial score (nSPS) is 11.0. The number of rotatable bonds is 7. The molecule has 2 aromatic rings. The summed E-state index contributed by atoms with van der Waals surface area (Å²) in [5.74, 6) is 0.892. The summed E-state index contributed by atoms with van der Waals surface area (Å²) in [6.45, 7) is 6.55. The summed E-state index contributed by atoms with van der Waals surface area (Å²) < 4.78 is 9.08. The van der Waals surface area contributed by atoms with Gasteiger partial charge in [0.25, 0.3) is 0 Å². The SMILES string of the molecule is COCCCNc1nccn1Cc1c(C)nn(C)c1C. The lowest BCUT2D eigenvalue weighted by atomic mass is 10.2. The van der Waals surface area contributed by atoms with E-state index in [-0.39, 0.29) is 0 Å². The third-order valence-electron chi connectivity index (χ3n) is 3.51. The molecule has 6 nitrogen and oxygen atoms in total. The van der Waals surface area contributed by atoms with Crippen LogP contribution < -0.4 is 5.32 Å². The van der Waals surface area contributed by atoms with Crippen LogP contribution in [0.2, 0.25) is 0 Å². The van der Waals surface area contributed by atoms with Crippen LogP contribution in [0.5, 0.6) is 0 Å². The Morgan fingerprint density at radius 1 is 1.35 bits per heavy atom. The number of methoxy groups -OCH3 is 1. The summed E-state index contributed by atoms with van der Waals surface area (Å²) in [5.41, 5.74) is 3.52. The molecule has 0 fully saturated rings. The smallest absolute Gasteiger partial charge is 0.203 e. The monoisotopic (exact) mass is 277 g/mol. The predicted octanol–water partition coefficient (Wildman–Crippen LogP) is 1.73. The molecular formula is C14H23N5O. The maximum Gasteiger partial charge on any atom is 0.203 e. The summed E-state index contributed by atoms with van der Waals surface area (Å²) in [6.07, 6.45) is 4.78. The Morgan fingerprint density at radius 2 is 2.15 bits per heavy atom. The van der Waals surface area contributed by atoms with E-state index in [9.17, 15) is 0 Å². The van der Waals surface area contributed by atoms with Crippen LogP contribution in [0.3, 0.4) is 0 Å². The standard InChI is InChI=1S/C14H23N5O/c1-11-13(12(2)18(3)17-11)10-19-8-7-16-14(19)15-6-5-9-20-4/h7-8H,5-6,9-10H2,1-4H3,(H,15,16). The van der Waals surface area contributed by atoms with Gasteiger partial charge in [-0.3, -0.25) is 4.68 Å². The number of aromatic nitrogens is 4. The lowest BCUT2D eigenvalue weighted by Crippen LogP contribution is -2.11. The van der Waals surface area contributed by atoms with Gasteiger partial charge < -0.3 is 14.6 Å². The zero-order valence-corrected chi connectivity index (χ0v) is 12.7. The van der Waals surface area contributed by atoms with Crippen LogP contribution in [0.15, 0.2) is 12.4 Å². The Morgan fingerprint density at radius 3 is 2.80 bits per heavy atom. The fourth-order valence-corrected chi connectivity index (χ4v) is 2.24. The minimum atomic E-state index is 0.758. The second-order valence-electron chi connectivity index (χ2n) is 4.92. The molecule has 0 radical (unpaired) electrons. The number of nitrogens with zero attached hydrogens (tertiary/aromatic N) is 4. The Kier molecular flexibility index (Phi) is 4.79. The van der Waals surface area contributed by atoms with E-state index in [1.807, 2.05) is 31.0 Å². The quantitative estimate of drug-likeness (QED) is 0.783. The molecule has 0 aliphatic rings. The molecule has 0 saturated carbocycles. The number of hydrogen-bond donors (Lipinski definition) is 1. The van der Waals surface area contributed by atoms with Crippen molar-refractivity contribution in [3.05, 3.63) is 29.3 Å². The molecule has 0 aliphatic carbocycles. The van der Waals surface area contributed by atoms with E-state index in [0.717, 1.165) is 37.8 Å². The van der Waals surface area contributed by atoms with E-state index < -0.39 is 0 Å². The molecular weight excluding hydrogens is 254 g/mol. The average molecular weight is 277 g/mol. The van der Waals surface area contributed by atoms with Gasteiger partial charge in [-0.2, -0.15) is 5.10 Å². The van der Waals surface area contributed by atoms with Gasteiger partial charge in [-0.15, -0.1) is 0 Å².